The number of rotatable bonds is 5. The fourth-order valence-electron chi connectivity index (χ4n) is 4.03. The van der Waals surface area contributed by atoms with E-state index in [-0.39, 0.29) is 41.1 Å². The first-order valence-electron chi connectivity index (χ1n) is 10.6. The van der Waals surface area contributed by atoms with Crippen LogP contribution in [0, 0.1) is 0 Å². The third-order valence-corrected chi connectivity index (χ3v) is 7.80. The topological polar surface area (TPSA) is 114 Å². The molecule has 0 unspecified atom stereocenters. The Morgan fingerprint density at radius 3 is 2.50 bits per heavy atom. The number of carbonyl (C=O) groups is 2. The summed E-state index contributed by atoms with van der Waals surface area (Å²) < 4.78 is 35.0. The highest BCUT2D eigenvalue weighted by Gasteiger charge is 2.32. The number of hydrogen-bond acceptors (Lipinski definition) is 7. The minimum absolute atomic E-state index is 0.0512. The van der Waals surface area contributed by atoms with Gasteiger partial charge in [-0.15, -0.1) is 0 Å². The van der Waals surface area contributed by atoms with Gasteiger partial charge in [-0.1, -0.05) is 13.0 Å². The van der Waals surface area contributed by atoms with Crippen LogP contribution in [-0.4, -0.2) is 79.6 Å². The zero-order chi connectivity index (χ0) is 23.0. The fraction of sp³-hybridized carbons (Fsp3) is 0.476. The highest BCUT2D eigenvalue weighted by atomic mass is 32.2. The van der Waals surface area contributed by atoms with Gasteiger partial charge in [0.25, 0.3) is 0 Å². The monoisotopic (exact) mass is 461 g/mol. The second-order valence-corrected chi connectivity index (χ2v) is 9.86. The SMILES string of the molecule is CCc1nn2c(c1-c1ccc(OC)c(S(=O)(=O)N3CCN(C)CC3)c1)NC(=O)CCC2=O. The summed E-state index contributed by atoms with van der Waals surface area (Å²) in [5.41, 5.74) is 1.70. The first-order chi connectivity index (χ1) is 15.3. The van der Waals surface area contributed by atoms with Crippen molar-refractivity contribution in [1.29, 1.82) is 0 Å². The number of aryl methyl sites for hydroxylation is 1. The second kappa shape index (κ2) is 8.64. The lowest BCUT2D eigenvalue weighted by atomic mass is 10.0. The summed E-state index contributed by atoms with van der Waals surface area (Å²) >= 11 is 0. The van der Waals surface area contributed by atoms with Gasteiger partial charge < -0.3 is 15.0 Å². The van der Waals surface area contributed by atoms with Crippen molar-refractivity contribution in [3.63, 3.8) is 0 Å². The first kappa shape index (κ1) is 22.4. The van der Waals surface area contributed by atoms with Crippen LogP contribution in [0.2, 0.25) is 0 Å². The van der Waals surface area contributed by atoms with Crippen LogP contribution in [0.4, 0.5) is 5.82 Å². The van der Waals surface area contributed by atoms with Crippen molar-refractivity contribution in [3.8, 4) is 16.9 Å². The summed E-state index contributed by atoms with van der Waals surface area (Å²) in [6, 6.07) is 4.87. The molecule has 172 valence electrons. The molecule has 1 fully saturated rings. The summed E-state index contributed by atoms with van der Waals surface area (Å²) in [4.78, 5) is 26.8. The number of nitrogens with zero attached hydrogens (tertiary/aromatic N) is 4. The maximum Gasteiger partial charge on any atom is 0.249 e. The van der Waals surface area contributed by atoms with Crippen molar-refractivity contribution in [2.75, 3.05) is 45.7 Å². The van der Waals surface area contributed by atoms with Crippen LogP contribution in [-0.2, 0) is 21.2 Å². The van der Waals surface area contributed by atoms with E-state index in [0.29, 0.717) is 49.4 Å². The summed E-state index contributed by atoms with van der Waals surface area (Å²) in [6.45, 7) is 3.96. The number of hydrogen-bond donors (Lipinski definition) is 1. The standard InChI is InChI=1S/C21H27N5O5S/c1-4-15-20(21-22-18(27)7-8-19(28)26(21)23-15)14-5-6-16(31-3)17(13-14)32(29,30)25-11-9-24(2)10-12-25/h5-6,13H,4,7-12H2,1-3H3,(H,22,27). The third-order valence-electron chi connectivity index (χ3n) is 5.89. The van der Waals surface area contributed by atoms with Gasteiger partial charge in [0.1, 0.15) is 16.5 Å². The van der Waals surface area contributed by atoms with Crippen molar-refractivity contribution in [1.82, 2.24) is 19.0 Å². The van der Waals surface area contributed by atoms with Gasteiger partial charge in [0.2, 0.25) is 21.8 Å². The number of nitrogens with one attached hydrogen (secondary N) is 1. The number of aromatic nitrogens is 2. The Balaban J connectivity index is 1.85. The molecule has 2 aliphatic rings. The molecule has 1 amide bonds. The number of anilines is 1. The molecule has 3 heterocycles. The molecule has 11 heteroatoms. The maximum absolute atomic E-state index is 13.5. The van der Waals surface area contributed by atoms with Gasteiger partial charge in [-0.3, -0.25) is 9.59 Å². The number of benzene rings is 1. The Morgan fingerprint density at radius 1 is 1.12 bits per heavy atom. The minimum Gasteiger partial charge on any atom is -0.495 e. The van der Waals surface area contributed by atoms with Crippen molar-refractivity contribution < 1.29 is 22.7 Å². The molecule has 0 bridgehead atoms. The number of carbonyl (C=O) groups excluding carboxylic acids is 2. The van der Waals surface area contributed by atoms with Crippen molar-refractivity contribution >= 4 is 27.7 Å². The van der Waals surface area contributed by atoms with Gasteiger partial charge in [-0.2, -0.15) is 14.1 Å². The third kappa shape index (κ3) is 3.91. The van der Waals surface area contributed by atoms with Gasteiger partial charge in [-0.05, 0) is 31.2 Å². The van der Waals surface area contributed by atoms with Crippen molar-refractivity contribution in [3.05, 3.63) is 23.9 Å². The summed E-state index contributed by atoms with van der Waals surface area (Å²) in [7, 11) is -0.423. The van der Waals surface area contributed by atoms with E-state index in [2.05, 4.69) is 15.3 Å². The number of sulfonamides is 1. The zero-order valence-electron chi connectivity index (χ0n) is 18.4. The predicted octanol–water partition coefficient (Wildman–Crippen LogP) is 1.43. The average molecular weight is 462 g/mol. The molecule has 2 aliphatic heterocycles. The number of fused-ring (bicyclic) bond motifs is 1. The number of ether oxygens (including phenoxy) is 1. The van der Waals surface area contributed by atoms with E-state index >= 15 is 0 Å². The number of piperazine rings is 1. The van der Waals surface area contributed by atoms with E-state index in [9.17, 15) is 18.0 Å². The molecule has 0 atom stereocenters. The molecule has 1 saturated heterocycles. The molecule has 1 N–H and O–H groups in total. The molecule has 32 heavy (non-hydrogen) atoms. The van der Waals surface area contributed by atoms with Crippen LogP contribution < -0.4 is 10.1 Å². The Kier molecular flexibility index (Phi) is 6.06. The first-order valence-corrected chi connectivity index (χ1v) is 12.0. The Labute approximate surface area is 187 Å². The highest BCUT2D eigenvalue weighted by molar-refractivity contribution is 7.89. The van der Waals surface area contributed by atoms with E-state index in [0.717, 1.165) is 0 Å². The molecular formula is C21H27N5O5S. The normalized spacial score (nSPS) is 18.2. The van der Waals surface area contributed by atoms with Crippen LogP contribution in [0.5, 0.6) is 5.75 Å². The fourth-order valence-corrected chi connectivity index (χ4v) is 5.64. The number of amides is 1. The molecule has 4 rings (SSSR count). The Morgan fingerprint density at radius 2 is 1.84 bits per heavy atom. The lowest BCUT2D eigenvalue weighted by Crippen LogP contribution is -2.47. The Bertz CT molecular complexity index is 1170. The molecule has 2 aromatic rings. The quantitative estimate of drug-likeness (QED) is 0.716. The lowest BCUT2D eigenvalue weighted by Gasteiger charge is -2.32. The molecule has 0 saturated carbocycles. The highest BCUT2D eigenvalue weighted by Crippen LogP contribution is 2.38. The average Bonchev–Trinajstić information content (AvgIpc) is 3.08. The van der Waals surface area contributed by atoms with Gasteiger partial charge in [0, 0.05) is 44.6 Å². The maximum atomic E-state index is 13.5. The molecule has 1 aromatic heterocycles. The van der Waals surface area contributed by atoms with E-state index < -0.39 is 10.0 Å². The summed E-state index contributed by atoms with van der Waals surface area (Å²) in [5, 5.41) is 7.18. The van der Waals surface area contributed by atoms with E-state index in [1.54, 1.807) is 18.2 Å². The van der Waals surface area contributed by atoms with Crippen LogP contribution in [0.1, 0.15) is 30.3 Å². The van der Waals surface area contributed by atoms with Gasteiger partial charge in [-0.25, -0.2) is 8.42 Å². The number of methoxy groups -OCH3 is 1. The van der Waals surface area contributed by atoms with Crippen molar-refractivity contribution in [2.45, 2.75) is 31.1 Å². The molecule has 10 nitrogen and oxygen atoms in total. The minimum atomic E-state index is -3.81. The molecule has 0 spiro atoms. The smallest absolute Gasteiger partial charge is 0.249 e. The van der Waals surface area contributed by atoms with Gasteiger partial charge in [0.15, 0.2) is 0 Å². The van der Waals surface area contributed by atoms with Crippen LogP contribution in [0.25, 0.3) is 11.1 Å². The largest absolute Gasteiger partial charge is 0.495 e. The van der Waals surface area contributed by atoms with E-state index in [1.165, 1.54) is 16.1 Å². The molecule has 0 radical (unpaired) electrons. The van der Waals surface area contributed by atoms with E-state index in [4.69, 9.17) is 4.74 Å². The van der Waals surface area contributed by atoms with Crippen LogP contribution >= 0.6 is 0 Å². The van der Waals surface area contributed by atoms with Gasteiger partial charge >= 0.3 is 0 Å². The molecular weight excluding hydrogens is 434 g/mol. The molecule has 0 aliphatic carbocycles. The summed E-state index contributed by atoms with van der Waals surface area (Å²) in [5.74, 6) is -0.0376. The molecule has 1 aromatic carbocycles. The van der Waals surface area contributed by atoms with Crippen LogP contribution in [0.3, 0.4) is 0 Å². The van der Waals surface area contributed by atoms with Gasteiger partial charge in [0.05, 0.1) is 12.8 Å². The predicted molar refractivity (Wildman–Crippen MR) is 118 cm³/mol. The van der Waals surface area contributed by atoms with Crippen LogP contribution in [0.15, 0.2) is 23.1 Å². The Hall–Kier alpha value is -2.76. The summed E-state index contributed by atoms with van der Waals surface area (Å²) in [6.07, 6.45) is 0.647. The second-order valence-electron chi connectivity index (χ2n) is 7.95. The lowest BCUT2D eigenvalue weighted by molar-refractivity contribution is -0.116. The zero-order valence-corrected chi connectivity index (χ0v) is 19.2. The van der Waals surface area contributed by atoms with Crippen molar-refractivity contribution in [2.24, 2.45) is 0 Å². The van der Waals surface area contributed by atoms with E-state index in [1.807, 2.05) is 14.0 Å². The number of likely N-dealkylation sites (N-methyl/N-ethyl adjacent to an activating group) is 1.